The number of aromatic nitrogens is 4. The van der Waals surface area contributed by atoms with Crippen LogP contribution in [-0.2, 0) is 0 Å². The van der Waals surface area contributed by atoms with Gasteiger partial charge < -0.3 is 40.4 Å². The third-order valence-corrected chi connectivity index (χ3v) is 13.8. The molecule has 59 heavy (non-hydrogen) atoms. The van der Waals surface area contributed by atoms with Crippen LogP contribution < -0.4 is 10.2 Å². The number of aromatic hydroxyl groups is 4. The zero-order chi connectivity index (χ0) is 42.4. The van der Waals surface area contributed by atoms with E-state index in [1.165, 1.54) is 0 Å². The summed E-state index contributed by atoms with van der Waals surface area (Å²) in [5.41, 5.74) is 2.72. The number of piperidine rings is 2. The van der Waals surface area contributed by atoms with Gasteiger partial charge in [-0.05, 0) is 161 Å². The Balaban J connectivity index is 0.000000179. The molecule has 2 aliphatic rings. The topological polar surface area (TPSA) is 154 Å². The normalized spacial score (nSPS) is 21.8. The SMILES string of the molecule is CC1C(N(C)c2ccc(-c3cc4ccc(O)cc4cc3O)nn2)CCN(C)C1(C)C.CC1C(Nc2ccc(-c3cc4ccc(O)cc4cc3O)nn2)CCN(C)C1(C)C. The van der Waals surface area contributed by atoms with Gasteiger partial charge in [0.05, 0.1) is 11.4 Å². The number of fused-ring (bicyclic) bond motifs is 2. The summed E-state index contributed by atoms with van der Waals surface area (Å²) in [6.07, 6.45) is 2.14. The van der Waals surface area contributed by atoms with Crippen molar-refractivity contribution >= 4 is 33.2 Å². The maximum Gasteiger partial charge on any atom is 0.151 e. The molecule has 2 aromatic heterocycles. The van der Waals surface area contributed by atoms with Crippen LogP contribution in [0.5, 0.6) is 23.0 Å². The van der Waals surface area contributed by atoms with E-state index in [0.717, 1.165) is 59.1 Å². The Bertz CT molecular complexity index is 2440. The number of hydrogen-bond donors (Lipinski definition) is 5. The van der Waals surface area contributed by atoms with Gasteiger partial charge in [0.15, 0.2) is 5.82 Å². The van der Waals surface area contributed by atoms with Gasteiger partial charge in [0.1, 0.15) is 28.8 Å². The number of anilines is 2. The zero-order valence-corrected chi connectivity index (χ0v) is 35.6. The number of benzene rings is 4. The Labute approximate surface area is 347 Å². The van der Waals surface area contributed by atoms with Crippen molar-refractivity contribution in [1.29, 1.82) is 0 Å². The molecule has 2 fully saturated rings. The Morgan fingerprint density at radius 3 is 1.61 bits per heavy atom. The van der Waals surface area contributed by atoms with Crippen LogP contribution >= 0.6 is 0 Å². The van der Waals surface area contributed by atoms with Crippen molar-refractivity contribution in [2.75, 3.05) is 44.4 Å². The van der Waals surface area contributed by atoms with E-state index >= 15 is 0 Å². The number of hydrogen-bond acceptors (Lipinski definition) is 12. The second-order valence-electron chi connectivity index (χ2n) is 17.6. The smallest absolute Gasteiger partial charge is 0.151 e. The molecule has 0 bridgehead atoms. The van der Waals surface area contributed by atoms with Gasteiger partial charge >= 0.3 is 0 Å². The van der Waals surface area contributed by atoms with E-state index in [4.69, 9.17) is 0 Å². The van der Waals surface area contributed by atoms with Crippen molar-refractivity contribution in [1.82, 2.24) is 30.2 Å². The molecule has 0 aliphatic carbocycles. The van der Waals surface area contributed by atoms with Gasteiger partial charge in [0.25, 0.3) is 0 Å². The Morgan fingerprint density at radius 1 is 0.593 bits per heavy atom. The van der Waals surface area contributed by atoms with Crippen LogP contribution in [0, 0.1) is 11.8 Å². The number of phenolic OH excluding ortho intramolecular Hbond substituents is 4. The fourth-order valence-corrected chi connectivity index (χ4v) is 8.65. The molecule has 310 valence electrons. The number of rotatable bonds is 6. The molecule has 4 aromatic carbocycles. The molecule has 12 heteroatoms. The number of nitrogens with one attached hydrogen (secondary N) is 1. The summed E-state index contributed by atoms with van der Waals surface area (Å²) >= 11 is 0. The van der Waals surface area contributed by atoms with Crippen LogP contribution in [0.15, 0.2) is 84.9 Å². The highest BCUT2D eigenvalue weighted by Gasteiger charge is 2.42. The van der Waals surface area contributed by atoms with Crippen molar-refractivity contribution in [3.63, 3.8) is 0 Å². The van der Waals surface area contributed by atoms with E-state index in [1.807, 2.05) is 48.5 Å². The van der Waals surface area contributed by atoms with Crippen molar-refractivity contribution in [3.8, 4) is 45.5 Å². The van der Waals surface area contributed by atoms with E-state index in [2.05, 4.69) is 103 Å². The first-order chi connectivity index (χ1) is 27.9. The summed E-state index contributed by atoms with van der Waals surface area (Å²) in [7, 11) is 6.46. The third kappa shape index (κ3) is 8.29. The average molecular weight is 799 g/mol. The van der Waals surface area contributed by atoms with Crippen molar-refractivity contribution in [2.24, 2.45) is 11.8 Å². The molecule has 6 aromatic rings. The molecule has 4 unspecified atom stereocenters. The standard InChI is InChI=1S/C24H30N4O2.C23H28N4O2/c1-15-21(10-11-27(4)24(15,2)3)28(5)23-9-8-20(25-26-23)19-13-16-6-7-18(29)12-17(16)14-22(19)30;1-14-19(9-10-27(4)23(14,2)3)24-22-8-7-20(25-26-22)18-12-15-5-6-17(28)11-16(15)13-21(18)29/h6-9,12-15,21,29-30H,10-11H2,1-5H3;5-8,11-14,19,28-29H,9-10H2,1-4H3,(H,24,26). The lowest BCUT2D eigenvalue weighted by Crippen LogP contribution is -2.59. The molecule has 0 saturated carbocycles. The number of likely N-dealkylation sites (tertiary alicyclic amines) is 2. The van der Waals surface area contributed by atoms with Crippen molar-refractivity contribution < 1.29 is 20.4 Å². The Kier molecular flexibility index (Phi) is 11.3. The van der Waals surface area contributed by atoms with Gasteiger partial charge in [0, 0.05) is 54.4 Å². The first kappa shape index (κ1) is 41.4. The fourth-order valence-electron chi connectivity index (χ4n) is 8.65. The molecule has 5 N–H and O–H groups in total. The maximum atomic E-state index is 10.5. The van der Waals surface area contributed by atoms with Crippen LogP contribution in [0.25, 0.3) is 44.1 Å². The summed E-state index contributed by atoms with van der Waals surface area (Å²) in [4.78, 5) is 7.07. The van der Waals surface area contributed by atoms with Crippen LogP contribution in [0.4, 0.5) is 11.6 Å². The average Bonchev–Trinajstić information content (AvgIpc) is 3.20. The lowest BCUT2D eigenvalue weighted by Gasteiger charge is -2.51. The van der Waals surface area contributed by atoms with Crippen LogP contribution in [-0.4, -0.2) is 108 Å². The lowest BCUT2D eigenvalue weighted by atomic mass is 9.77. The second kappa shape index (κ2) is 16.1. The maximum absolute atomic E-state index is 10.5. The summed E-state index contributed by atoms with van der Waals surface area (Å²) in [6, 6.07) is 25.6. The minimum Gasteiger partial charge on any atom is -0.508 e. The monoisotopic (exact) mass is 798 g/mol. The summed E-state index contributed by atoms with van der Waals surface area (Å²) in [6.45, 7) is 15.8. The van der Waals surface area contributed by atoms with Gasteiger partial charge in [-0.25, -0.2) is 0 Å². The van der Waals surface area contributed by atoms with Gasteiger partial charge in [-0.1, -0.05) is 26.0 Å². The van der Waals surface area contributed by atoms with E-state index in [9.17, 15) is 20.4 Å². The van der Waals surface area contributed by atoms with E-state index in [0.29, 0.717) is 46.4 Å². The van der Waals surface area contributed by atoms with Gasteiger partial charge in [-0.2, -0.15) is 0 Å². The highest BCUT2D eigenvalue weighted by molar-refractivity contribution is 5.92. The Morgan fingerprint density at radius 2 is 1.10 bits per heavy atom. The molecular weight excluding hydrogens is 741 g/mol. The minimum atomic E-state index is 0.115. The van der Waals surface area contributed by atoms with Crippen LogP contribution in [0.2, 0.25) is 0 Å². The highest BCUT2D eigenvalue weighted by atomic mass is 16.3. The van der Waals surface area contributed by atoms with Crippen LogP contribution in [0.3, 0.4) is 0 Å². The lowest BCUT2D eigenvalue weighted by molar-refractivity contribution is 0.0391. The van der Waals surface area contributed by atoms with Crippen molar-refractivity contribution in [2.45, 2.75) is 77.5 Å². The molecule has 8 rings (SSSR count). The number of phenols is 4. The highest BCUT2D eigenvalue weighted by Crippen LogP contribution is 2.38. The summed E-state index contributed by atoms with van der Waals surface area (Å²) in [5, 5.41) is 64.7. The van der Waals surface area contributed by atoms with Gasteiger partial charge in [0.2, 0.25) is 0 Å². The minimum absolute atomic E-state index is 0.115. The predicted octanol–water partition coefficient (Wildman–Crippen LogP) is 8.50. The summed E-state index contributed by atoms with van der Waals surface area (Å²) in [5.74, 6) is 3.10. The third-order valence-electron chi connectivity index (χ3n) is 13.8. The first-order valence-corrected chi connectivity index (χ1v) is 20.5. The number of nitrogens with zero attached hydrogens (tertiary/aromatic N) is 7. The molecule has 2 saturated heterocycles. The first-order valence-electron chi connectivity index (χ1n) is 20.5. The molecule has 0 spiro atoms. The molecule has 12 nitrogen and oxygen atoms in total. The van der Waals surface area contributed by atoms with Gasteiger partial charge in [-0.15, -0.1) is 20.4 Å². The van der Waals surface area contributed by atoms with Crippen LogP contribution in [0.1, 0.15) is 54.4 Å². The molecule has 4 heterocycles. The molecule has 0 radical (unpaired) electrons. The molecular formula is C47H58N8O4. The van der Waals surface area contributed by atoms with Gasteiger partial charge in [-0.3, -0.25) is 0 Å². The Hall–Kier alpha value is -5.72. The summed E-state index contributed by atoms with van der Waals surface area (Å²) < 4.78 is 0. The predicted molar refractivity (Wildman–Crippen MR) is 237 cm³/mol. The fraction of sp³-hybridized carbons (Fsp3) is 0.404. The van der Waals surface area contributed by atoms with E-state index in [1.54, 1.807) is 36.4 Å². The van der Waals surface area contributed by atoms with Crippen molar-refractivity contribution in [3.05, 3.63) is 84.9 Å². The van der Waals surface area contributed by atoms with E-state index < -0.39 is 0 Å². The molecule has 0 amide bonds. The largest absolute Gasteiger partial charge is 0.508 e. The molecule has 4 atom stereocenters. The zero-order valence-electron chi connectivity index (χ0n) is 35.6. The van der Waals surface area contributed by atoms with E-state index in [-0.39, 0.29) is 34.1 Å². The molecule has 2 aliphatic heterocycles. The quantitative estimate of drug-likeness (QED) is 0.110. The second-order valence-corrected chi connectivity index (χ2v) is 17.6.